The summed E-state index contributed by atoms with van der Waals surface area (Å²) < 4.78 is 56.0. The lowest BCUT2D eigenvalue weighted by Crippen LogP contribution is -2.08. The molecule has 0 aromatic heterocycles. The van der Waals surface area contributed by atoms with Crippen LogP contribution < -0.4 is 9.47 Å². The van der Waals surface area contributed by atoms with Crippen LogP contribution in [0, 0.1) is 23.4 Å². The largest absolute Gasteiger partial charge is 0.494 e. The summed E-state index contributed by atoms with van der Waals surface area (Å²) >= 11 is 0. The monoisotopic (exact) mass is 536 g/mol. The first-order valence-electron chi connectivity index (χ1n) is 14.3. The minimum atomic E-state index is -0.810. The van der Waals surface area contributed by atoms with E-state index in [1.807, 2.05) is 6.07 Å². The van der Waals surface area contributed by atoms with Gasteiger partial charge in [0.1, 0.15) is 17.3 Å². The zero-order valence-corrected chi connectivity index (χ0v) is 23.1. The molecule has 39 heavy (non-hydrogen) atoms. The summed E-state index contributed by atoms with van der Waals surface area (Å²) in [6, 6.07) is 15.6. The normalized spacial score (nSPS) is 15.2. The van der Waals surface area contributed by atoms with E-state index in [4.69, 9.17) is 9.47 Å². The second-order valence-electron chi connectivity index (χ2n) is 10.4. The minimum absolute atomic E-state index is 0.255. The van der Waals surface area contributed by atoms with Crippen molar-refractivity contribution in [2.75, 3.05) is 13.2 Å². The van der Waals surface area contributed by atoms with Crippen molar-refractivity contribution in [3.8, 4) is 22.6 Å². The molecule has 1 atom stereocenters. The molecule has 3 aromatic carbocycles. The zero-order chi connectivity index (χ0) is 27.6. The average Bonchev–Trinajstić information content (AvgIpc) is 2.95. The van der Waals surface area contributed by atoms with Gasteiger partial charge in [0, 0.05) is 17.2 Å². The van der Waals surface area contributed by atoms with Crippen LogP contribution in [0.15, 0.2) is 60.7 Å². The Labute approximate surface area is 230 Å². The molecule has 0 heterocycles. The van der Waals surface area contributed by atoms with Crippen molar-refractivity contribution in [1.82, 2.24) is 0 Å². The van der Waals surface area contributed by atoms with Crippen LogP contribution in [-0.2, 0) is 6.42 Å². The second kappa shape index (κ2) is 14.3. The maximum atomic E-state index is 15.0. The molecule has 1 aliphatic carbocycles. The Morgan fingerprint density at radius 2 is 1.44 bits per heavy atom. The summed E-state index contributed by atoms with van der Waals surface area (Å²) in [4.78, 5) is 0. The quantitative estimate of drug-likeness (QED) is 0.202. The lowest BCUT2D eigenvalue weighted by molar-refractivity contribution is 0.308. The maximum Gasteiger partial charge on any atom is 0.166 e. The number of halogens is 3. The van der Waals surface area contributed by atoms with Crippen molar-refractivity contribution in [2.45, 2.75) is 71.6 Å². The van der Waals surface area contributed by atoms with Crippen LogP contribution in [-0.4, -0.2) is 13.2 Å². The lowest BCUT2D eigenvalue weighted by atomic mass is 9.83. The topological polar surface area (TPSA) is 18.5 Å². The van der Waals surface area contributed by atoms with Crippen molar-refractivity contribution in [3.05, 3.63) is 89.3 Å². The molecule has 1 aliphatic rings. The molecular weight excluding hydrogens is 497 g/mol. The predicted octanol–water partition coefficient (Wildman–Crippen LogP) is 9.94. The van der Waals surface area contributed by atoms with Crippen LogP contribution >= 0.6 is 0 Å². The summed E-state index contributed by atoms with van der Waals surface area (Å²) in [5.41, 5.74) is 2.91. The molecule has 0 saturated heterocycles. The van der Waals surface area contributed by atoms with Gasteiger partial charge in [-0.25, -0.2) is 13.2 Å². The fourth-order valence-corrected chi connectivity index (χ4v) is 5.01. The van der Waals surface area contributed by atoms with E-state index in [9.17, 15) is 13.2 Å². The lowest BCUT2D eigenvalue weighted by Gasteiger charge is -2.23. The van der Waals surface area contributed by atoms with E-state index in [1.165, 1.54) is 6.07 Å². The van der Waals surface area contributed by atoms with Crippen molar-refractivity contribution >= 4 is 5.57 Å². The first kappa shape index (κ1) is 28.8. The van der Waals surface area contributed by atoms with E-state index in [0.29, 0.717) is 48.0 Å². The Hall–Kier alpha value is -3.21. The molecule has 0 fully saturated rings. The molecule has 0 radical (unpaired) electrons. The molecule has 4 rings (SSSR count). The molecule has 0 N–H and O–H groups in total. The van der Waals surface area contributed by atoms with Gasteiger partial charge < -0.3 is 9.47 Å². The number of hydrogen-bond acceptors (Lipinski definition) is 2. The highest BCUT2D eigenvalue weighted by molar-refractivity contribution is 5.67. The van der Waals surface area contributed by atoms with Crippen molar-refractivity contribution in [1.29, 1.82) is 0 Å². The minimum Gasteiger partial charge on any atom is -0.494 e. The van der Waals surface area contributed by atoms with Crippen molar-refractivity contribution in [3.63, 3.8) is 0 Å². The fourth-order valence-electron chi connectivity index (χ4n) is 5.01. The highest BCUT2D eigenvalue weighted by Gasteiger charge is 2.20. The highest BCUT2D eigenvalue weighted by atomic mass is 19.2. The predicted molar refractivity (Wildman–Crippen MR) is 153 cm³/mol. The number of aryl methyl sites for hydroxylation is 1. The standard InChI is InChI=1S/C34H39F3O2/c1-3-5-21-38-28-16-13-26(14-17-28)31-19-15-27(33(36)34(31)37)12-9-24-7-10-25(11-8-24)30-20-18-29(23-32(30)35)39-22-6-4-2/h10,13-20,23-24H,3-9,11-12,21-22H2,1-2H3. The number of unbranched alkanes of at least 4 members (excludes halogenated alkanes) is 2. The summed E-state index contributed by atoms with van der Waals surface area (Å²) in [7, 11) is 0. The Kier molecular flexibility index (Phi) is 10.5. The molecule has 0 saturated carbocycles. The first-order chi connectivity index (χ1) is 19.0. The Morgan fingerprint density at radius 1 is 0.769 bits per heavy atom. The SMILES string of the molecule is CCCCOc1ccc(-c2ccc(CCC3CC=C(c4ccc(OCCCC)cc4F)CC3)c(F)c2F)cc1. The van der Waals surface area contributed by atoms with Crippen molar-refractivity contribution in [2.24, 2.45) is 5.92 Å². The molecule has 0 amide bonds. The zero-order valence-electron chi connectivity index (χ0n) is 23.1. The third kappa shape index (κ3) is 7.68. The van der Waals surface area contributed by atoms with Gasteiger partial charge in [0.2, 0.25) is 0 Å². The molecule has 1 unspecified atom stereocenters. The molecule has 0 spiro atoms. The van der Waals surface area contributed by atoms with E-state index in [1.54, 1.807) is 42.5 Å². The number of ether oxygens (including phenoxy) is 2. The second-order valence-corrected chi connectivity index (χ2v) is 10.4. The summed E-state index contributed by atoms with van der Waals surface area (Å²) in [6.07, 6.45) is 9.80. The van der Waals surface area contributed by atoms with Gasteiger partial charge in [-0.1, -0.05) is 57.0 Å². The molecular formula is C34H39F3O2. The maximum absolute atomic E-state index is 15.0. The molecule has 3 aromatic rings. The Balaban J connectivity index is 1.33. The highest BCUT2D eigenvalue weighted by Crippen LogP contribution is 2.35. The fraction of sp³-hybridized carbons (Fsp3) is 0.412. The van der Waals surface area contributed by atoms with Crippen LogP contribution in [0.4, 0.5) is 13.2 Å². The molecule has 0 aliphatic heterocycles. The first-order valence-corrected chi connectivity index (χ1v) is 14.3. The van der Waals surface area contributed by atoms with Crippen LogP contribution in [0.3, 0.4) is 0 Å². The molecule has 2 nitrogen and oxygen atoms in total. The van der Waals surface area contributed by atoms with Crippen LogP contribution in [0.25, 0.3) is 16.7 Å². The summed E-state index contributed by atoms with van der Waals surface area (Å²) in [5, 5.41) is 0. The van der Waals surface area contributed by atoms with Crippen LogP contribution in [0.1, 0.15) is 76.3 Å². The van der Waals surface area contributed by atoms with E-state index in [2.05, 4.69) is 19.9 Å². The van der Waals surface area contributed by atoms with E-state index in [-0.39, 0.29) is 11.4 Å². The van der Waals surface area contributed by atoms with Gasteiger partial charge in [-0.3, -0.25) is 0 Å². The van der Waals surface area contributed by atoms with E-state index in [0.717, 1.165) is 62.7 Å². The number of allylic oxidation sites excluding steroid dienone is 2. The molecule has 0 bridgehead atoms. The van der Waals surface area contributed by atoms with Gasteiger partial charge >= 0.3 is 0 Å². The van der Waals surface area contributed by atoms with Gasteiger partial charge in [0.25, 0.3) is 0 Å². The number of hydrogen-bond donors (Lipinski definition) is 0. The summed E-state index contributed by atoms with van der Waals surface area (Å²) in [6.45, 7) is 5.43. The van der Waals surface area contributed by atoms with Gasteiger partial charge in [-0.15, -0.1) is 0 Å². The van der Waals surface area contributed by atoms with Gasteiger partial charge in [-0.05, 0) is 91.8 Å². The van der Waals surface area contributed by atoms with E-state index >= 15 is 0 Å². The third-order valence-corrected chi connectivity index (χ3v) is 7.49. The molecule has 5 heteroatoms. The van der Waals surface area contributed by atoms with Crippen LogP contribution in [0.2, 0.25) is 0 Å². The smallest absolute Gasteiger partial charge is 0.166 e. The summed E-state index contributed by atoms with van der Waals surface area (Å²) in [5.74, 6) is -0.194. The average molecular weight is 537 g/mol. The molecule has 208 valence electrons. The third-order valence-electron chi connectivity index (χ3n) is 7.49. The van der Waals surface area contributed by atoms with Gasteiger partial charge in [-0.2, -0.15) is 0 Å². The Bertz CT molecular complexity index is 1250. The van der Waals surface area contributed by atoms with Crippen LogP contribution in [0.5, 0.6) is 11.5 Å². The number of rotatable bonds is 13. The Morgan fingerprint density at radius 3 is 2.08 bits per heavy atom. The number of benzene rings is 3. The van der Waals surface area contributed by atoms with Gasteiger partial charge in [0.15, 0.2) is 11.6 Å². The van der Waals surface area contributed by atoms with E-state index < -0.39 is 11.6 Å². The van der Waals surface area contributed by atoms with Crippen molar-refractivity contribution < 1.29 is 22.6 Å². The van der Waals surface area contributed by atoms with Gasteiger partial charge in [0.05, 0.1) is 13.2 Å².